The summed E-state index contributed by atoms with van der Waals surface area (Å²) < 4.78 is 0. The lowest BCUT2D eigenvalue weighted by Crippen LogP contribution is -2.55. The highest BCUT2D eigenvalue weighted by atomic mass is 16.4. The zero-order valence-electron chi connectivity index (χ0n) is 14.4. The summed E-state index contributed by atoms with van der Waals surface area (Å²) in [5, 5.41) is 32.2. The van der Waals surface area contributed by atoms with Crippen LogP contribution >= 0.6 is 0 Å². The van der Waals surface area contributed by atoms with Gasteiger partial charge in [-0.2, -0.15) is 0 Å². The van der Waals surface area contributed by atoms with Crippen molar-refractivity contribution >= 4 is 35.6 Å². The third kappa shape index (κ3) is 10.4. The minimum atomic E-state index is -1.46. The lowest BCUT2D eigenvalue weighted by molar-refractivity contribution is -0.140. The molecule has 0 aliphatic heterocycles. The number of amides is 3. The van der Waals surface area contributed by atoms with Crippen LogP contribution in [0.4, 0.5) is 0 Å². The molecule has 0 radical (unpaired) electrons. The van der Waals surface area contributed by atoms with Crippen LogP contribution in [-0.2, 0) is 28.8 Å². The van der Waals surface area contributed by atoms with Crippen molar-refractivity contribution < 1.29 is 44.1 Å². The van der Waals surface area contributed by atoms with Gasteiger partial charge in [-0.1, -0.05) is 0 Å². The van der Waals surface area contributed by atoms with Crippen LogP contribution in [0.3, 0.4) is 0 Å². The predicted molar refractivity (Wildman–Crippen MR) is 87.3 cm³/mol. The summed E-state index contributed by atoms with van der Waals surface area (Å²) in [5.41, 5.74) is 5.38. The summed E-state index contributed by atoms with van der Waals surface area (Å²) in [6, 6.07) is -4.02. The highest BCUT2D eigenvalue weighted by Crippen LogP contribution is 2.01. The molecule has 3 amide bonds. The highest BCUT2D eigenvalue weighted by Gasteiger charge is 2.27. The van der Waals surface area contributed by atoms with Crippen LogP contribution < -0.4 is 21.7 Å². The molecular formula is C14H22N4O9. The first-order valence-electron chi connectivity index (χ1n) is 7.73. The van der Waals surface area contributed by atoms with E-state index in [1.807, 2.05) is 5.32 Å². The van der Waals surface area contributed by atoms with E-state index in [4.69, 9.17) is 21.1 Å². The van der Waals surface area contributed by atoms with Gasteiger partial charge in [0.1, 0.15) is 18.6 Å². The number of carboxylic acid groups (broad SMARTS) is 3. The SMILES string of the molecule is CC(NC(=O)C(CCC(=O)O)NC(=O)C(N)CC(=O)O)C(=O)NCC(=O)O. The molecule has 0 aromatic carbocycles. The van der Waals surface area contributed by atoms with E-state index in [1.54, 1.807) is 0 Å². The fraction of sp³-hybridized carbons (Fsp3) is 0.571. The lowest BCUT2D eigenvalue weighted by atomic mass is 10.1. The van der Waals surface area contributed by atoms with Crippen molar-refractivity contribution in [2.45, 2.75) is 44.3 Å². The molecule has 27 heavy (non-hydrogen) atoms. The molecule has 0 saturated carbocycles. The van der Waals surface area contributed by atoms with E-state index in [2.05, 4.69) is 10.6 Å². The fourth-order valence-electron chi connectivity index (χ4n) is 1.79. The zero-order chi connectivity index (χ0) is 21.1. The van der Waals surface area contributed by atoms with E-state index in [9.17, 15) is 28.8 Å². The van der Waals surface area contributed by atoms with E-state index < -0.39 is 73.1 Å². The van der Waals surface area contributed by atoms with Gasteiger partial charge in [0.25, 0.3) is 0 Å². The summed E-state index contributed by atoms with van der Waals surface area (Å²) >= 11 is 0. The highest BCUT2D eigenvalue weighted by molar-refractivity contribution is 5.94. The third-order valence-electron chi connectivity index (χ3n) is 3.18. The molecule has 0 aliphatic carbocycles. The van der Waals surface area contributed by atoms with E-state index in [0.29, 0.717) is 0 Å². The lowest BCUT2D eigenvalue weighted by Gasteiger charge is -2.21. The number of nitrogens with two attached hydrogens (primary N) is 1. The Balaban J connectivity index is 4.94. The average Bonchev–Trinajstić information content (AvgIpc) is 2.54. The average molecular weight is 390 g/mol. The molecule has 8 N–H and O–H groups in total. The normalized spacial score (nSPS) is 13.6. The Hall–Kier alpha value is -3.22. The molecule has 0 spiro atoms. The molecule has 0 bridgehead atoms. The second-order valence-electron chi connectivity index (χ2n) is 5.54. The minimum Gasteiger partial charge on any atom is -0.481 e. The van der Waals surface area contributed by atoms with Crippen LogP contribution in [0, 0.1) is 0 Å². The van der Waals surface area contributed by atoms with Gasteiger partial charge in [0.05, 0.1) is 12.5 Å². The van der Waals surface area contributed by atoms with E-state index in [0.717, 1.165) is 0 Å². The summed E-state index contributed by atoms with van der Waals surface area (Å²) in [6.45, 7) is 0.587. The first kappa shape index (κ1) is 23.8. The number of carbonyl (C=O) groups excluding carboxylic acids is 3. The molecule has 0 rings (SSSR count). The Bertz CT molecular complexity index is 607. The number of nitrogens with one attached hydrogen (secondary N) is 3. The Morgan fingerprint density at radius 3 is 1.93 bits per heavy atom. The van der Waals surface area contributed by atoms with Gasteiger partial charge < -0.3 is 37.0 Å². The van der Waals surface area contributed by atoms with Crippen LogP contribution in [0.5, 0.6) is 0 Å². The van der Waals surface area contributed by atoms with Crippen LogP contribution in [0.15, 0.2) is 0 Å². The van der Waals surface area contributed by atoms with Crippen molar-refractivity contribution in [3.8, 4) is 0 Å². The Labute approximate surface area is 153 Å². The van der Waals surface area contributed by atoms with E-state index in [-0.39, 0.29) is 6.42 Å². The van der Waals surface area contributed by atoms with Gasteiger partial charge in [-0.15, -0.1) is 0 Å². The molecule has 13 heteroatoms. The summed E-state index contributed by atoms with van der Waals surface area (Å²) in [7, 11) is 0. The number of rotatable bonds is 12. The fourth-order valence-corrected chi connectivity index (χ4v) is 1.79. The quantitative estimate of drug-likeness (QED) is 0.177. The van der Waals surface area contributed by atoms with Gasteiger partial charge in [-0.05, 0) is 13.3 Å². The smallest absolute Gasteiger partial charge is 0.322 e. The maximum Gasteiger partial charge on any atom is 0.322 e. The number of carbonyl (C=O) groups is 6. The molecule has 0 fully saturated rings. The van der Waals surface area contributed by atoms with Gasteiger partial charge in [-0.25, -0.2) is 0 Å². The van der Waals surface area contributed by atoms with Crippen LogP contribution in [0.2, 0.25) is 0 Å². The molecule has 0 heterocycles. The maximum absolute atomic E-state index is 12.2. The first-order chi connectivity index (χ1) is 12.4. The van der Waals surface area contributed by atoms with Gasteiger partial charge in [0.15, 0.2) is 0 Å². The molecule has 0 saturated heterocycles. The Morgan fingerprint density at radius 1 is 0.852 bits per heavy atom. The van der Waals surface area contributed by atoms with Crippen LogP contribution in [0.1, 0.15) is 26.2 Å². The Morgan fingerprint density at radius 2 is 1.44 bits per heavy atom. The standard InChI is InChI=1S/C14H22N4O9/c1-6(12(25)16-5-11(23)24)17-14(27)8(2-3-9(19)20)18-13(26)7(15)4-10(21)22/h6-8H,2-5,15H2,1H3,(H,16,25)(H,17,27)(H,18,26)(H,19,20)(H,21,22)(H,23,24). The van der Waals surface area contributed by atoms with Crippen molar-refractivity contribution in [3.05, 3.63) is 0 Å². The van der Waals surface area contributed by atoms with Gasteiger partial charge in [0, 0.05) is 6.42 Å². The summed E-state index contributed by atoms with van der Waals surface area (Å²) in [4.78, 5) is 67.4. The molecule has 0 aromatic rings. The molecule has 152 valence electrons. The molecule has 0 aliphatic rings. The number of aliphatic carboxylic acids is 3. The van der Waals surface area contributed by atoms with Gasteiger partial charge in [-0.3, -0.25) is 28.8 Å². The molecule has 3 atom stereocenters. The number of hydrogen-bond acceptors (Lipinski definition) is 7. The van der Waals surface area contributed by atoms with Crippen molar-refractivity contribution in [2.75, 3.05) is 6.54 Å². The maximum atomic E-state index is 12.2. The number of hydrogen-bond donors (Lipinski definition) is 7. The van der Waals surface area contributed by atoms with Gasteiger partial charge >= 0.3 is 17.9 Å². The van der Waals surface area contributed by atoms with Crippen molar-refractivity contribution in [3.63, 3.8) is 0 Å². The monoisotopic (exact) mass is 390 g/mol. The minimum absolute atomic E-state index is 0.337. The van der Waals surface area contributed by atoms with Crippen LogP contribution in [0.25, 0.3) is 0 Å². The van der Waals surface area contributed by atoms with E-state index >= 15 is 0 Å². The first-order valence-corrected chi connectivity index (χ1v) is 7.73. The second-order valence-corrected chi connectivity index (χ2v) is 5.54. The summed E-state index contributed by atoms with van der Waals surface area (Å²) in [6.07, 6.45) is -1.53. The van der Waals surface area contributed by atoms with Crippen molar-refractivity contribution in [1.82, 2.24) is 16.0 Å². The third-order valence-corrected chi connectivity index (χ3v) is 3.18. The largest absolute Gasteiger partial charge is 0.481 e. The molecular weight excluding hydrogens is 368 g/mol. The van der Waals surface area contributed by atoms with Crippen molar-refractivity contribution in [2.24, 2.45) is 5.73 Å². The topological polar surface area (TPSA) is 225 Å². The summed E-state index contributed by atoms with van der Waals surface area (Å²) in [5.74, 6) is -6.58. The molecule has 0 aromatic heterocycles. The molecule has 13 nitrogen and oxygen atoms in total. The predicted octanol–water partition coefficient (Wildman–Crippen LogP) is -3.16. The van der Waals surface area contributed by atoms with Gasteiger partial charge in [0.2, 0.25) is 17.7 Å². The van der Waals surface area contributed by atoms with E-state index in [1.165, 1.54) is 6.92 Å². The second kappa shape index (κ2) is 11.4. The Kier molecular flexibility index (Phi) is 10.0. The van der Waals surface area contributed by atoms with Crippen molar-refractivity contribution in [1.29, 1.82) is 0 Å². The van der Waals surface area contributed by atoms with Crippen LogP contribution in [-0.4, -0.2) is 75.6 Å². The molecule has 3 unspecified atom stereocenters. The zero-order valence-corrected chi connectivity index (χ0v) is 14.4. The number of carboxylic acids is 3.